The lowest BCUT2D eigenvalue weighted by molar-refractivity contribution is 0.286. The van der Waals surface area contributed by atoms with E-state index in [1.165, 1.54) is 19.3 Å². The first-order valence-electron chi connectivity index (χ1n) is 5.96. The van der Waals surface area contributed by atoms with E-state index in [0.717, 1.165) is 24.8 Å². The minimum atomic E-state index is 0.408. The smallest absolute Gasteiger partial charge is 0.149 e. The summed E-state index contributed by atoms with van der Waals surface area (Å²) in [6.07, 6.45) is 5.60. The van der Waals surface area contributed by atoms with E-state index in [2.05, 4.69) is 33.9 Å². The molecule has 0 saturated carbocycles. The van der Waals surface area contributed by atoms with Gasteiger partial charge in [0.15, 0.2) is 0 Å². The predicted molar refractivity (Wildman–Crippen MR) is 59.5 cm³/mol. The Labute approximate surface area is 91.1 Å². The Kier molecular flexibility index (Phi) is 3.36. The fourth-order valence-electron chi connectivity index (χ4n) is 2.34. The molecular weight excluding hydrogens is 188 g/mol. The van der Waals surface area contributed by atoms with Crippen LogP contribution in [0.4, 0.5) is 0 Å². The Morgan fingerprint density at radius 2 is 2.40 bits per heavy atom. The van der Waals surface area contributed by atoms with Crippen molar-refractivity contribution in [3.05, 3.63) is 12.2 Å². The van der Waals surface area contributed by atoms with E-state index in [-0.39, 0.29) is 0 Å². The van der Waals surface area contributed by atoms with Gasteiger partial charge >= 0.3 is 0 Å². The van der Waals surface area contributed by atoms with E-state index >= 15 is 0 Å². The third kappa shape index (κ3) is 2.20. The summed E-state index contributed by atoms with van der Waals surface area (Å²) in [5, 5.41) is 11.8. The van der Waals surface area contributed by atoms with Gasteiger partial charge in [0.25, 0.3) is 0 Å². The molecule has 1 fully saturated rings. The molecule has 0 radical (unpaired) electrons. The molecule has 2 heterocycles. The topological polar surface area (TPSA) is 42.7 Å². The van der Waals surface area contributed by atoms with Crippen LogP contribution in [0.1, 0.15) is 45.0 Å². The van der Waals surface area contributed by atoms with E-state index in [1.807, 2.05) is 6.33 Å². The summed E-state index contributed by atoms with van der Waals surface area (Å²) >= 11 is 0. The van der Waals surface area contributed by atoms with Crippen LogP contribution in [-0.2, 0) is 6.54 Å². The van der Waals surface area contributed by atoms with E-state index in [9.17, 15) is 0 Å². The third-order valence-electron chi connectivity index (χ3n) is 3.39. The van der Waals surface area contributed by atoms with Crippen LogP contribution in [0.2, 0.25) is 0 Å². The summed E-state index contributed by atoms with van der Waals surface area (Å²) in [5.74, 6) is 1.95. The first-order valence-corrected chi connectivity index (χ1v) is 5.96. The van der Waals surface area contributed by atoms with Gasteiger partial charge in [-0.1, -0.05) is 13.3 Å². The lowest BCUT2D eigenvalue weighted by Crippen LogP contribution is -2.33. The van der Waals surface area contributed by atoms with Gasteiger partial charge in [0.1, 0.15) is 12.2 Å². The molecule has 1 N–H and O–H groups in total. The molecule has 4 nitrogen and oxygen atoms in total. The van der Waals surface area contributed by atoms with Crippen LogP contribution >= 0.6 is 0 Å². The maximum Gasteiger partial charge on any atom is 0.149 e. The zero-order chi connectivity index (χ0) is 10.7. The highest BCUT2D eigenvalue weighted by Crippen LogP contribution is 2.27. The summed E-state index contributed by atoms with van der Waals surface area (Å²) in [4.78, 5) is 0. The van der Waals surface area contributed by atoms with Gasteiger partial charge in [0.05, 0.1) is 6.04 Å². The minimum Gasteiger partial charge on any atom is -0.317 e. The second-order valence-corrected chi connectivity index (χ2v) is 4.28. The maximum absolute atomic E-state index is 4.23. The number of hydrogen-bond acceptors (Lipinski definition) is 3. The highest BCUT2D eigenvalue weighted by atomic mass is 15.3. The van der Waals surface area contributed by atoms with Crippen molar-refractivity contribution in [3.63, 3.8) is 0 Å². The molecule has 0 aliphatic carbocycles. The highest BCUT2D eigenvalue weighted by Gasteiger charge is 2.24. The van der Waals surface area contributed by atoms with Crippen molar-refractivity contribution in [1.82, 2.24) is 20.1 Å². The summed E-state index contributed by atoms with van der Waals surface area (Å²) in [7, 11) is 0. The van der Waals surface area contributed by atoms with Crippen molar-refractivity contribution >= 4 is 0 Å². The highest BCUT2D eigenvalue weighted by molar-refractivity contribution is 4.97. The fraction of sp³-hybridized carbons (Fsp3) is 0.818. The van der Waals surface area contributed by atoms with E-state index < -0.39 is 0 Å². The summed E-state index contributed by atoms with van der Waals surface area (Å²) in [6.45, 7) is 6.47. The molecule has 2 atom stereocenters. The average Bonchev–Trinajstić information content (AvgIpc) is 2.77. The Balaban J connectivity index is 2.09. The lowest BCUT2D eigenvalue weighted by atomic mass is 9.90. The van der Waals surface area contributed by atoms with Gasteiger partial charge in [-0.25, -0.2) is 0 Å². The average molecular weight is 208 g/mol. The molecule has 2 unspecified atom stereocenters. The molecular formula is C11H20N4. The van der Waals surface area contributed by atoms with Crippen LogP contribution in [0.25, 0.3) is 0 Å². The number of nitrogens with zero attached hydrogens (tertiary/aromatic N) is 3. The fourth-order valence-corrected chi connectivity index (χ4v) is 2.34. The SMILES string of the molecule is CCC1CCNC(c2nncn2CC)C1. The minimum absolute atomic E-state index is 0.408. The van der Waals surface area contributed by atoms with E-state index in [4.69, 9.17) is 0 Å². The van der Waals surface area contributed by atoms with E-state index in [1.54, 1.807) is 0 Å². The van der Waals surface area contributed by atoms with Gasteiger partial charge < -0.3 is 9.88 Å². The Morgan fingerprint density at radius 1 is 1.53 bits per heavy atom. The molecule has 84 valence electrons. The first-order chi connectivity index (χ1) is 7.35. The predicted octanol–water partition coefficient (Wildman–Crippen LogP) is 1.75. The van der Waals surface area contributed by atoms with Gasteiger partial charge in [-0.2, -0.15) is 0 Å². The molecule has 4 heteroatoms. The van der Waals surface area contributed by atoms with Gasteiger partial charge in [-0.3, -0.25) is 0 Å². The normalized spacial score (nSPS) is 26.8. The molecule has 15 heavy (non-hydrogen) atoms. The molecule has 0 bridgehead atoms. The third-order valence-corrected chi connectivity index (χ3v) is 3.39. The molecule has 0 amide bonds. The van der Waals surface area contributed by atoms with Gasteiger partial charge in [0, 0.05) is 6.54 Å². The van der Waals surface area contributed by atoms with Crippen LogP contribution in [0.5, 0.6) is 0 Å². The Bertz CT molecular complexity index is 307. The molecule has 1 aromatic heterocycles. The second-order valence-electron chi connectivity index (χ2n) is 4.28. The molecule has 1 aromatic rings. The number of hydrogen-bond donors (Lipinski definition) is 1. The zero-order valence-corrected chi connectivity index (χ0v) is 9.61. The number of aromatic nitrogens is 3. The zero-order valence-electron chi connectivity index (χ0n) is 9.61. The quantitative estimate of drug-likeness (QED) is 0.823. The van der Waals surface area contributed by atoms with E-state index in [0.29, 0.717) is 6.04 Å². The van der Waals surface area contributed by atoms with Crippen molar-refractivity contribution in [2.75, 3.05) is 6.54 Å². The molecule has 0 spiro atoms. The Hall–Kier alpha value is -0.900. The van der Waals surface area contributed by atoms with Crippen LogP contribution in [0.15, 0.2) is 6.33 Å². The van der Waals surface area contributed by atoms with Crippen molar-refractivity contribution in [2.45, 2.75) is 45.7 Å². The largest absolute Gasteiger partial charge is 0.317 e. The van der Waals surface area contributed by atoms with Crippen LogP contribution in [0, 0.1) is 5.92 Å². The van der Waals surface area contributed by atoms with Crippen LogP contribution in [-0.4, -0.2) is 21.3 Å². The van der Waals surface area contributed by atoms with Crippen LogP contribution < -0.4 is 5.32 Å². The summed E-state index contributed by atoms with van der Waals surface area (Å²) < 4.78 is 2.13. The van der Waals surface area contributed by atoms with Gasteiger partial charge in [-0.05, 0) is 32.2 Å². The van der Waals surface area contributed by atoms with Crippen molar-refractivity contribution < 1.29 is 0 Å². The number of nitrogens with one attached hydrogen (secondary N) is 1. The second kappa shape index (κ2) is 4.75. The maximum atomic E-state index is 4.23. The number of piperidine rings is 1. The summed E-state index contributed by atoms with van der Waals surface area (Å²) in [5.41, 5.74) is 0. The van der Waals surface area contributed by atoms with Crippen molar-refractivity contribution in [2.24, 2.45) is 5.92 Å². The lowest BCUT2D eigenvalue weighted by Gasteiger charge is -2.29. The first kappa shape index (κ1) is 10.6. The van der Waals surface area contributed by atoms with Gasteiger partial charge in [0.2, 0.25) is 0 Å². The number of rotatable bonds is 3. The monoisotopic (exact) mass is 208 g/mol. The standard InChI is InChI=1S/C11H20N4/c1-3-9-5-6-12-10(7-9)11-14-13-8-15(11)4-2/h8-10,12H,3-7H2,1-2H3. The summed E-state index contributed by atoms with van der Waals surface area (Å²) in [6, 6.07) is 0.408. The molecule has 1 aliphatic rings. The van der Waals surface area contributed by atoms with Crippen molar-refractivity contribution in [3.8, 4) is 0 Å². The van der Waals surface area contributed by atoms with Gasteiger partial charge in [-0.15, -0.1) is 10.2 Å². The molecule has 1 aliphatic heterocycles. The van der Waals surface area contributed by atoms with Crippen LogP contribution in [0.3, 0.4) is 0 Å². The molecule has 0 aromatic carbocycles. The molecule has 2 rings (SSSR count). The van der Waals surface area contributed by atoms with Crippen molar-refractivity contribution in [1.29, 1.82) is 0 Å². The Morgan fingerprint density at radius 3 is 3.13 bits per heavy atom. The molecule has 1 saturated heterocycles. The number of aryl methyl sites for hydroxylation is 1.